The van der Waals surface area contributed by atoms with Crippen molar-refractivity contribution in [1.82, 2.24) is 9.55 Å². The van der Waals surface area contributed by atoms with E-state index in [0.29, 0.717) is 27.7 Å². The number of benzene rings is 3. The standard InChI is InChI=1S/C24H13Cl2F6N3O/c25-15-5-7-17(8-6-15)35-21(36)12-20(13-2-1-3-16(26)10-13)34-22(35)33-19-9-4-14(23(27,28)29)11-18(19)24(30,31)32/h1-12H,(H,33,34). The van der Waals surface area contributed by atoms with Crippen molar-refractivity contribution < 1.29 is 26.3 Å². The van der Waals surface area contributed by atoms with Gasteiger partial charge in [0.05, 0.1) is 28.2 Å². The first kappa shape index (κ1) is 25.6. The van der Waals surface area contributed by atoms with Crippen molar-refractivity contribution in [3.05, 3.63) is 104 Å². The molecule has 186 valence electrons. The number of nitrogens with zero attached hydrogens (tertiary/aromatic N) is 2. The SMILES string of the molecule is O=c1cc(-c2cccc(Cl)c2)nc(Nc2ccc(C(F)(F)F)cc2C(F)(F)F)n1-c1ccc(Cl)cc1. The average Bonchev–Trinajstić information content (AvgIpc) is 2.78. The normalized spacial score (nSPS) is 12.0. The van der Waals surface area contributed by atoms with E-state index in [0.717, 1.165) is 10.6 Å². The fourth-order valence-electron chi connectivity index (χ4n) is 3.39. The summed E-state index contributed by atoms with van der Waals surface area (Å²) in [7, 11) is 0. The second-order valence-electron chi connectivity index (χ2n) is 7.51. The average molecular weight is 544 g/mol. The molecule has 0 aliphatic heterocycles. The van der Waals surface area contributed by atoms with Crippen LogP contribution in [0.3, 0.4) is 0 Å². The van der Waals surface area contributed by atoms with Gasteiger partial charge in [-0.3, -0.25) is 4.79 Å². The van der Waals surface area contributed by atoms with Crippen LogP contribution in [0.1, 0.15) is 11.1 Å². The smallest absolute Gasteiger partial charge is 0.325 e. The monoisotopic (exact) mass is 543 g/mol. The van der Waals surface area contributed by atoms with Gasteiger partial charge in [0.25, 0.3) is 5.56 Å². The van der Waals surface area contributed by atoms with E-state index in [-0.39, 0.29) is 23.4 Å². The molecule has 1 N–H and O–H groups in total. The molecule has 0 saturated carbocycles. The van der Waals surface area contributed by atoms with Crippen molar-refractivity contribution in [2.75, 3.05) is 5.32 Å². The van der Waals surface area contributed by atoms with Crippen LogP contribution < -0.4 is 10.9 Å². The number of hydrogen-bond donors (Lipinski definition) is 1. The van der Waals surface area contributed by atoms with Gasteiger partial charge >= 0.3 is 12.4 Å². The van der Waals surface area contributed by atoms with Crippen LogP contribution in [0, 0.1) is 0 Å². The molecule has 0 bridgehead atoms. The van der Waals surface area contributed by atoms with Gasteiger partial charge in [-0.1, -0.05) is 35.3 Å². The van der Waals surface area contributed by atoms with Crippen LogP contribution in [-0.2, 0) is 12.4 Å². The van der Waals surface area contributed by atoms with Crippen molar-refractivity contribution in [3.8, 4) is 16.9 Å². The molecule has 1 aromatic heterocycles. The molecular formula is C24H13Cl2F6N3O. The van der Waals surface area contributed by atoms with Gasteiger partial charge in [0.1, 0.15) is 0 Å². The molecule has 3 aromatic carbocycles. The Morgan fingerprint density at radius 3 is 2.08 bits per heavy atom. The largest absolute Gasteiger partial charge is 0.418 e. The van der Waals surface area contributed by atoms with Crippen LogP contribution in [0.15, 0.2) is 77.6 Å². The molecule has 0 aliphatic carbocycles. The first-order valence-electron chi connectivity index (χ1n) is 10.0. The first-order valence-corrected chi connectivity index (χ1v) is 10.8. The third kappa shape index (κ3) is 5.50. The summed E-state index contributed by atoms with van der Waals surface area (Å²) in [6.07, 6.45) is -10.1. The fraction of sp³-hybridized carbons (Fsp3) is 0.0833. The molecule has 12 heteroatoms. The Morgan fingerprint density at radius 2 is 1.47 bits per heavy atom. The molecule has 0 fully saturated rings. The highest BCUT2D eigenvalue weighted by Crippen LogP contribution is 2.40. The van der Waals surface area contributed by atoms with E-state index in [1.165, 1.54) is 30.3 Å². The summed E-state index contributed by atoms with van der Waals surface area (Å²) in [5.41, 5.74) is -3.78. The van der Waals surface area contributed by atoms with E-state index in [1.807, 2.05) is 0 Å². The molecule has 0 radical (unpaired) electrons. The topological polar surface area (TPSA) is 46.9 Å². The van der Waals surface area contributed by atoms with Crippen molar-refractivity contribution in [3.63, 3.8) is 0 Å². The second-order valence-corrected chi connectivity index (χ2v) is 8.38. The van der Waals surface area contributed by atoms with E-state index in [1.54, 1.807) is 18.2 Å². The maximum atomic E-state index is 13.7. The molecule has 0 atom stereocenters. The molecule has 36 heavy (non-hydrogen) atoms. The molecular weight excluding hydrogens is 531 g/mol. The zero-order valence-corrected chi connectivity index (χ0v) is 19.3. The molecule has 0 aliphatic rings. The molecule has 0 amide bonds. The summed E-state index contributed by atoms with van der Waals surface area (Å²) in [4.78, 5) is 17.4. The summed E-state index contributed by atoms with van der Waals surface area (Å²) in [5, 5.41) is 3.07. The number of halogens is 8. The molecule has 4 aromatic rings. The molecule has 4 rings (SSSR count). The van der Waals surface area contributed by atoms with Gasteiger partial charge in [-0.2, -0.15) is 26.3 Å². The van der Waals surface area contributed by atoms with Crippen LogP contribution in [-0.4, -0.2) is 9.55 Å². The Hall–Kier alpha value is -3.50. The van der Waals surface area contributed by atoms with E-state index >= 15 is 0 Å². The zero-order chi connectivity index (χ0) is 26.3. The summed E-state index contributed by atoms with van der Waals surface area (Å²) in [5.74, 6) is -0.370. The maximum Gasteiger partial charge on any atom is 0.418 e. The number of alkyl halides is 6. The van der Waals surface area contributed by atoms with Gasteiger partial charge in [0.15, 0.2) is 0 Å². The van der Waals surface area contributed by atoms with Gasteiger partial charge in [-0.25, -0.2) is 9.55 Å². The van der Waals surface area contributed by atoms with Crippen LogP contribution in [0.4, 0.5) is 38.0 Å². The number of anilines is 2. The van der Waals surface area contributed by atoms with Crippen molar-refractivity contribution in [2.45, 2.75) is 12.4 Å². The number of hydrogen-bond acceptors (Lipinski definition) is 3. The molecule has 1 heterocycles. The summed E-state index contributed by atoms with van der Waals surface area (Å²) >= 11 is 11.9. The van der Waals surface area contributed by atoms with Gasteiger partial charge in [-0.05, 0) is 54.6 Å². The fourth-order valence-corrected chi connectivity index (χ4v) is 3.70. The third-order valence-electron chi connectivity index (χ3n) is 5.02. The highest BCUT2D eigenvalue weighted by molar-refractivity contribution is 6.31. The number of rotatable bonds is 4. The second kappa shape index (κ2) is 9.51. The van der Waals surface area contributed by atoms with Gasteiger partial charge in [0, 0.05) is 21.7 Å². The first-order chi connectivity index (χ1) is 16.8. The zero-order valence-electron chi connectivity index (χ0n) is 17.8. The number of nitrogens with one attached hydrogen (secondary N) is 1. The lowest BCUT2D eigenvalue weighted by Crippen LogP contribution is -2.23. The lowest BCUT2D eigenvalue weighted by molar-refractivity contribution is -0.142. The molecule has 0 spiro atoms. The minimum atomic E-state index is -5.14. The van der Waals surface area contributed by atoms with E-state index < -0.39 is 34.7 Å². The van der Waals surface area contributed by atoms with Crippen molar-refractivity contribution in [2.24, 2.45) is 0 Å². The molecule has 0 unspecified atom stereocenters. The maximum absolute atomic E-state index is 13.7. The minimum absolute atomic E-state index is 0.00606. The summed E-state index contributed by atoms with van der Waals surface area (Å²) in [6, 6.07) is 14.3. The van der Waals surface area contributed by atoms with Crippen LogP contribution in [0.2, 0.25) is 10.0 Å². The Balaban J connectivity index is 1.93. The van der Waals surface area contributed by atoms with Crippen molar-refractivity contribution >= 4 is 34.8 Å². The van der Waals surface area contributed by atoms with Gasteiger partial charge in [0.2, 0.25) is 5.95 Å². The Morgan fingerprint density at radius 1 is 0.778 bits per heavy atom. The lowest BCUT2D eigenvalue weighted by Gasteiger charge is -2.19. The minimum Gasteiger partial charge on any atom is -0.325 e. The Kier molecular flexibility index (Phi) is 6.76. The van der Waals surface area contributed by atoms with E-state index in [9.17, 15) is 31.1 Å². The van der Waals surface area contributed by atoms with Gasteiger partial charge < -0.3 is 5.32 Å². The molecule has 0 saturated heterocycles. The molecule has 4 nitrogen and oxygen atoms in total. The highest BCUT2D eigenvalue weighted by atomic mass is 35.5. The van der Waals surface area contributed by atoms with Gasteiger partial charge in [-0.15, -0.1) is 0 Å². The Labute approximate surface area is 209 Å². The van der Waals surface area contributed by atoms with Crippen molar-refractivity contribution in [1.29, 1.82) is 0 Å². The predicted molar refractivity (Wildman–Crippen MR) is 125 cm³/mol. The highest BCUT2D eigenvalue weighted by Gasteiger charge is 2.38. The lowest BCUT2D eigenvalue weighted by atomic mass is 10.1. The van der Waals surface area contributed by atoms with E-state index in [4.69, 9.17) is 23.2 Å². The summed E-state index contributed by atoms with van der Waals surface area (Å²) in [6.45, 7) is 0. The Bertz CT molecular complexity index is 1480. The quantitative estimate of drug-likeness (QED) is 0.265. The summed E-state index contributed by atoms with van der Waals surface area (Å²) < 4.78 is 81.4. The van der Waals surface area contributed by atoms with E-state index in [2.05, 4.69) is 10.3 Å². The third-order valence-corrected chi connectivity index (χ3v) is 5.51. The van der Waals surface area contributed by atoms with Crippen LogP contribution >= 0.6 is 23.2 Å². The predicted octanol–water partition coefficient (Wildman–Crippen LogP) is 7.99. The van der Waals surface area contributed by atoms with Crippen LogP contribution in [0.25, 0.3) is 16.9 Å². The van der Waals surface area contributed by atoms with Crippen LogP contribution in [0.5, 0.6) is 0 Å². The number of aromatic nitrogens is 2.